The first-order valence-electron chi connectivity index (χ1n) is 10.7. The number of anilines is 3. The Balaban J connectivity index is 1.51. The van der Waals surface area contributed by atoms with Gasteiger partial charge in [-0.25, -0.2) is 9.97 Å². The molecule has 1 atom stereocenters. The number of aromatic nitrogens is 3. The fourth-order valence-electron chi connectivity index (χ4n) is 3.99. The number of morpholine rings is 2. The number of pyridine rings is 1. The predicted octanol–water partition coefficient (Wildman–Crippen LogP) is 3.19. The molecule has 0 spiro atoms. The largest absolute Gasteiger partial charge is 0.384 e. The minimum atomic E-state index is -0.0167. The minimum absolute atomic E-state index is 0.0167. The Labute approximate surface area is 192 Å². The van der Waals surface area contributed by atoms with Gasteiger partial charge in [0.05, 0.1) is 30.5 Å². The first-order valence-corrected chi connectivity index (χ1v) is 11.1. The minimum Gasteiger partial charge on any atom is -0.384 e. The maximum absolute atomic E-state index is 6.50. The van der Waals surface area contributed by atoms with E-state index in [2.05, 4.69) is 26.9 Å². The van der Waals surface area contributed by atoms with E-state index in [0.717, 1.165) is 42.3 Å². The molecule has 2 aliphatic rings. The van der Waals surface area contributed by atoms with Gasteiger partial charge in [-0.05, 0) is 11.6 Å². The third-order valence-corrected chi connectivity index (χ3v) is 6.02. The number of benzene rings is 1. The molecule has 5 rings (SSSR count). The number of ether oxygens (including phenoxy) is 2. The summed E-state index contributed by atoms with van der Waals surface area (Å²) in [7, 11) is 0. The van der Waals surface area contributed by atoms with Crippen LogP contribution in [0.4, 0.5) is 17.6 Å². The molecule has 9 heteroatoms. The maximum atomic E-state index is 6.50. The van der Waals surface area contributed by atoms with Gasteiger partial charge >= 0.3 is 0 Å². The van der Waals surface area contributed by atoms with Crippen LogP contribution in [0.5, 0.6) is 0 Å². The van der Waals surface area contributed by atoms with Crippen molar-refractivity contribution in [3.8, 4) is 11.3 Å². The van der Waals surface area contributed by atoms with Crippen molar-refractivity contribution in [2.24, 2.45) is 0 Å². The van der Waals surface area contributed by atoms with Crippen LogP contribution in [0.1, 0.15) is 11.7 Å². The molecule has 2 aliphatic heterocycles. The summed E-state index contributed by atoms with van der Waals surface area (Å²) < 4.78 is 11.6. The summed E-state index contributed by atoms with van der Waals surface area (Å²) in [6.07, 6.45) is 1.65. The van der Waals surface area contributed by atoms with Gasteiger partial charge in [-0.3, -0.25) is 0 Å². The SMILES string of the molecule is Nc1cc(Cl)c(-c2cc(N3CCOC(c4ccccc4)C3)nc(N3CCOCC3)n2)cn1. The van der Waals surface area contributed by atoms with Gasteiger partial charge in [0.25, 0.3) is 0 Å². The van der Waals surface area contributed by atoms with Crippen molar-refractivity contribution < 1.29 is 9.47 Å². The third-order valence-electron chi connectivity index (χ3n) is 5.71. The van der Waals surface area contributed by atoms with Crippen molar-refractivity contribution in [2.45, 2.75) is 6.10 Å². The zero-order chi connectivity index (χ0) is 21.9. The van der Waals surface area contributed by atoms with E-state index in [1.165, 1.54) is 0 Å². The van der Waals surface area contributed by atoms with Crippen LogP contribution in [0.2, 0.25) is 5.02 Å². The van der Waals surface area contributed by atoms with Gasteiger partial charge in [-0.1, -0.05) is 41.9 Å². The molecular formula is C23H25ClN6O2. The van der Waals surface area contributed by atoms with Gasteiger partial charge in [0, 0.05) is 44.0 Å². The van der Waals surface area contributed by atoms with Crippen molar-refractivity contribution in [2.75, 3.05) is 61.5 Å². The number of halogens is 1. The molecule has 2 saturated heterocycles. The molecule has 2 fully saturated rings. The Morgan fingerprint density at radius 1 is 0.969 bits per heavy atom. The molecule has 2 N–H and O–H groups in total. The van der Waals surface area contributed by atoms with E-state index >= 15 is 0 Å². The molecule has 0 aliphatic carbocycles. The fourth-order valence-corrected chi connectivity index (χ4v) is 4.24. The normalized spacial score (nSPS) is 19.2. The van der Waals surface area contributed by atoms with Crippen molar-refractivity contribution in [1.82, 2.24) is 15.0 Å². The number of hydrogen-bond donors (Lipinski definition) is 1. The van der Waals surface area contributed by atoms with Gasteiger partial charge in [0.15, 0.2) is 0 Å². The molecule has 3 aromatic rings. The van der Waals surface area contributed by atoms with Crippen LogP contribution in [0.3, 0.4) is 0 Å². The van der Waals surface area contributed by atoms with E-state index in [1.54, 1.807) is 12.3 Å². The summed E-state index contributed by atoms with van der Waals surface area (Å²) in [5.74, 6) is 1.88. The Morgan fingerprint density at radius 2 is 1.75 bits per heavy atom. The first kappa shape index (κ1) is 20.9. The summed E-state index contributed by atoms with van der Waals surface area (Å²) in [4.78, 5) is 18.4. The van der Waals surface area contributed by atoms with Crippen molar-refractivity contribution in [3.63, 3.8) is 0 Å². The highest BCUT2D eigenvalue weighted by atomic mass is 35.5. The van der Waals surface area contributed by atoms with E-state index in [0.29, 0.717) is 43.2 Å². The number of rotatable bonds is 4. The molecule has 0 bridgehead atoms. The average Bonchev–Trinajstić information content (AvgIpc) is 2.85. The molecule has 1 unspecified atom stereocenters. The number of nitrogen functional groups attached to an aromatic ring is 1. The lowest BCUT2D eigenvalue weighted by Crippen LogP contribution is -2.40. The van der Waals surface area contributed by atoms with E-state index < -0.39 is 0 Å². The second kappa shape index (κ2) is 9.28. The van der Waals surface area contributed by atoms with Crippen LogP contribution < -0.4 is 15.5 Å². The molecule has 0 saturated carbocycles. The van der Waals surface area contributed by atoms with Gasteiger partial charge < -0.3 is 25.0 Å². The Morgan fingerprint density at radius 3 is 2.53 bits per heavy atom. The van der Waals surface area contributed by atoms with Gasteiger partial charge in [0.1, 0.15) is 17.7 Å². The quantitative estimate of drug-likeness (QED) is 0.645. The molecule has 32 heavy (non-hydrogen) atoms. The highest BCUT2D eigenvalue weighted by molar-refractivity contribution is 6.33. The topological polar surface area (TPSA) is 89.6 Å². The number of nitrogens with zero attached hydrogens (tertiary/aromatic N) is 5. The highest BCUT2D eigenvalue weighted by Crippen LogP contribution is 2.32. The smallest absolute Gasteiger partial charge is 0.228 e. The standard InChI is InChI=1S/C23H25ClN6O2/c24-18-12-21(25)26-14-17(18)19-13-22(28-23(27-19)29-6-9-31-10-7-29)30-8-11-32-20(15-30)16-4-2-1-3-5-16/h1-5,12-14,20H,6-11,15H2,(H2,25,26). The van der Waals surface area contributed by atoms with Crippen LogP contribution in [-0.2, 0) is 9.47 Å². The zero-order valence-corrected chi connectivity index (χ0v) is 18.4. The van der Waals surface area contributed by atoms with E-state index in [1.807, 2.05) is 24.3 Å². The molecule has 8 nitrogen and oxygen atoms in total. The lowest BCUT2D eigenvalue weighted by atomic mass is 10.1. The van der Waals surface area contributed by atoms with Gasteiger partial charge in [-0.2, -0.15) is 4.98 Å². The summed E-state index contributed by atoms with van der Waals surface area (Å²) >= 11 is 6.50. The summed E-state index contributed by atoms with van der Waals surface area (Å²) in [6.45, 7) is 4.86. The third kappa shape index (κ3) is 4.48. The summed E-state index contributed by atoms with van der Waals surface area (Å²) in [5.41, 5.74) is 8.40. The van der Waals surface area contributed by atoms with E-state index in [-0.39, 0.29) is 6.10 Å². The van der Waals surface area contributed by atoms with Crippen LogP contribution in [0.25, 0.3) is 11.3 Å². The molecular weight excluding hydrogens is 428 g/mol. The van der Waals surface area contributed by atoms with Crippen LogP contribution in [0, 0.1) is 0 Å². The van der Waals surface area contributed by atoms with Crippen LogP contribution >= 0.6 is 11.6 Å². The van der Waals surface area contributed by atoms with Crippen molar-refractivity contribution in [3.05, 3.63) is 59.2 Å². The van der Waals surface area contributed by atoms with E-state index in [4.69, 9.17) is 36.8 Å². The summed E-state index contributed by atoms with van der Waals surface area (Å²) in [6, 6.07) is 13.9. The Bertz CT molecular complexity index is 1080. The van der Waals surface area contributed by atoms with Crippen molar-refractivity contribution in [1.29, 1.82) is 0 Å². The first-order chi connectivity index (χ1) is 15.7. The monoisotopic (exact) mass is 452 g/mol. The second-order valence-electron chi connectivity index (χ2n) is 7.82. The molecule has 0 radical (unpaired) electrons. The van der Waals surface area contributed by atoms with Gasteiger partial charge in [-0.15, -0.1) is 0 Å². The maximum Gasteiger partial charge on any atom is 0.228 e. The average molecular weight is 453 g/mol. The second-order valence-corrected chi connectivity index (χ2v) is 8.22. The Hall–Kier alpha value is -2.94. The number of nitrogens with two attached hydrogens (primary N) is 1. The fraction of sp³-hybridized carbons (Fsp3) is 0.348. The molecule has 0 amide bonds. The molecule has 166 valence electrons. The lowest BCUT2D eigenvalue weighted by Gasteiger charge is -2.35. The van der Waals surface area contributed by atoms with Crippen LogP contribution in [-0.4, -0.2) is 61.0 Å². The lowest BCUT2D eigenvalue weighted by molar-refractivity contribution is 0.0395. The Kier molecular flexibility index (Phi) is 6.07. The van der Waals surface area contributed by atoms with Gasteiger partial charge in [0.2, 0.25) is 5.95 Å². The van der Waals surface area contributed by atoms with Crippen LogP contribution in [0.15, 0.2) is 48.7 Å². The highest BCUT2D eigenvalue weighted by Gasteiger charge is 2.25. The van der Waals surface area contributed by atoms with Crippen molar-refractivity contribution >= 4 is 29.2 Å². The molecule has 1 aromatic carbocycles. The van der Waals surface area contributed by atoms with E-state index in [9.17, 15) is 0 Å². The number of hydrogen-bond acceptors (Lipinski definition) is 8. The molecule has 4 heterocycles. The molecule has 2 aromatic heterocycles. The zero-order valence-electron chi connectivity index (χ0n) is 17.7. The summed E-state index contributed by atoms with van der Waals surface area (Å²) in [5, 5.41) is 0.513. The predicted molar refractivity (Wildman–Crippen MR) is 125 cm³/mol.